The molecule has 6 nitrogen and oxygen atoms in total. The first-order valence-electron chi connectivity index (χ1n) is 11.0. The minimum Gasteiger partial charge on any atom is -0.327 e. The minimum absolute atomic E-state index is 0.218. The largest absolute Gasteiger partial charge is 0.547 e. The summed E-state index contributed by atoms with van der Waals surface area (Å²) in [4.78, 5) is 10.3. The van der Waals surface area contributed by atoms with Gasteiger partial charge in [0.2, 0.25) is 0 Å². The summed E-state index contributed by atoms with van der Waals surface area (Å²) in [5.74, 6) is 1.52. The number of phosphoric acid groups is 1. The van der Waals surface area contributed by atoms with Crippen molar-refractivity contribution in [3.63, 3.8) is 0 Å². The molecule has 0 aromatic heterocycles. The van der Waals surface area contributed by atoms with Crippen molar-refractivity contribution in [2.24, 2.45) is 5.92 Å². The molecule has 172 valence electrons. The van der Waals surface area contributed by atoms with E-state index in [0.717, 1.165) is 36.3 Å². The lowest BCUT2D eigenvalue weighted by atomic mass is 10.0. The van der Waals surface area contributed by atoms with Crippen LogP contribution in [-0.4, -0.2) is 6.61 Å². The van der Waals surface area contributed by atoms with E-state index in [1.165, 1.54) is 19.3 Å². The molecular weight excluding hydrogens is 415 g/mol. The number of hydrogen-bond acceptors (Lipinski definition) is 6. The fraction of sp³-hybridized carbons (Fsp3) is 0.500. The third-order valence-electron chi connectivity index (χ3n) is 4.67. The summed E-state index contributed by atoms with van der Waals surface area (Å²) in [6.07, 6.45) is 6.51. The van der Waals surface area contributed by atoms with Crippen molar-refractivity contribution in [1.82, 2.24) is 0 Å². The Balaban J connectivity index is 1.83. The van der Waals surface area contributed by atoms with E-state index in [1.54, 1.807) is 24.3 Å². The first-order chi connectivity index (χ1) is 14.9. The first-order valence-corrected chi connectivity index (χ1v) is 12.4. The van der Waals surface area contributed by atoms with E-state index in [0.29, 0.717) is 11.5 Å². The molecule has 0 fully saturated rings. The zero-order chi connectivity index (χ0) is 22.5. The molecule has 2 aromatic rings. The zero-order valence-electron chi connectivity index (χ0n) is 19.0. The molecule has 0 amide bonds. The van der Waals surface area contributed by atoms with Crippen LogP contribution in [0.3, 0.4) is 0 Å². The van der Waals surface area contributed by atoms with Crippen molar-refractivity contribution in [2.45, 2.75) is 66.2 Å². The summed E-state index contributed by atoms with van der Waals surface area (Å²) in [6.45, 7) is 8.61. The molecule has 0 radical (unpaired) electrons. The SMILES string of the molecule is Cc1ccc(OOP(=O)(OCCCCCCCC(C)C)OOc2ccc(C)cc2)cc1. The predicted octanol–water partition coefficient (Wildman–Crippen LogP) is 7.75. The number of rotatable bonds is 15. The van der Waals surface area contributed by atoms with Gasteiger partial charge in [-0.15, -0.1) is 0 Å². The van der Waals surface area contributed by atoms with Crippen LogP contribution in [0, 0.1) is 19.8 Å². The zero-order valence-corrected chi connectivity index (χ0v) is 19.9. The molecule has 0 bridgehead atoms. The second-order valence-electron chi connectivity index (χ2n) is 8.17. The van der Waals surface area contributed by atoms with Gasteiger partial charge in [-0.3, -0.25) is 4.52 Å². The van der Waals surface area contributed by atoms with Crippen molar-refractivity contribution in [3.8, 4) is 11.5 Å². The lowest BCUT2D eigenvalue weighted by Gasteiger charge is -2.16. The van der Waals surface area contributed by atoms with Crippen LogP contribution < -0.4 is 9.78 Å². The van der Waals surface area contributed by atoms with E-state index < -0.39 is 7.82 Å². The fourth-order valence-electron chi connectivity index (χ4n) is 2.78. The maximum absolute atomic E-state index is 13.0. The van der Waals surface area contributed by atoms with Gasteiger partial charge in [0.05, 0.1) is 6.61 Å². The van der Waals surface area contributed by atoms with Gasteiger partial charge in [-0.1, -0.05) is 90.7 Å². The smallest absolute Gasteiger partial charge is 0.327 e. The van der Waals surface area contributed by atoms with Gasteiger partial charge in [-0.2, -0.15) is 0 Å². The standard InChI is InChI=1S/C24H35O6P/c1-20(2)10-8-6-5-7-9-19-26-31(25,29-27-23-15-11-21(3)12-16-23)30-28-24-17-13-22(4)14-18-24/h11-18,20H,5-10,19H2,1-4H3. The highest BCUT2D eigenvalue weighted by Crippen LogP contribution is 2.50. The summed E-state index contributed by atoms with van der Waals surface area (Å²) < 4.78 is 28.5. The second-order valence-corrected chi connectivity index (χ2v) is 9.62. The van der Waals surface area contributed by atoms with Gasteiger partial charge in [-0.05, 0) is 50.5 Å². The highest BCUT2D eigenvalue weighted by molar-refractivity contribution is 7.48. The summed E-state index contributed by atoms with van der Waals surface area (Å²) in [5, 5.41) is 0. The van der Waals surface area contributed by atoms with Crippen LogP contribution in [0.25, 0.3) is 0 Å². The maximum Gasteiger partial charge on any atom is 0.547 e. The Morgan fingerprint density at radius 3 is 1.65 bits per heavy atom. The van der Waals surface area contributed by atoms with Gasteiger partial charge in [0, 0.05) is 0 Å². The Bertz CT molecular complexity index is 735. The Morgan fingerprint density at radius 2 is 1.16 bits per heavy atom. The molecule has 0 aliphatic carbocycles. The molecular formula is C24H35O6P. The van der Waals surface area contributed by atoms with Crippen LogP contribution in [0.5, 0.6) is 11.5 Å². The van der Waals surface area contributed by atoms with E-state index >= 15 is 0 Å². The topological polar surface area (TPSA) is 63.2 Å². The molecule has 2 rings (SSSR count). The Hall–Kier alpha value is -1.85. The summed E-state index contributed by atoms with van der Waals surface area (Å²) in [6, 6.07) is 14.2. The molecule has 0 unspecified atom stereocenters. The van der Waals surface area contributed by atoms with Gasteiger partial charge in [-0.25, -0.2) is 4.57 Å². The third-order valence-corrected chi connectivity index (χ3v) is 5.68. The first kappa shape index (κ1) is 25.4. The van der Waals surface area contributed by atoms with Gasteiger partial charge < -0.3 is 9.78 Å². The predicted molar refractivity (Wildman–Crippen MR) is 122 cm³/mol. The van der Waals surface area contributed by atoms with Crippen LogP contribution in [0.2, 0.25) is 0 Å². The lowest BCUT2D eigenvalue weighted by Crippen LogP contribution is -2.07. The molecule has 0 aliphatic rings. The van der Waals surface area contributed by atoms with Crippen LogP contribution in [0.4, 0.5) is 0 Å². The van der Waals surface area contributed by atoms with Crippen molar-refractivity contribution < 1.29 is 28.2 Å². The van der Waals surface area contributed by atoms with Crippen LogP contribution >= 0.6 is 7.82 Å². The molecule has 0 heterocycles. The molecule has 2 aromatic carbocycles. The van der Waals surface area contributed by atoms with Crippen molar-refractivity contribution in [3.05, 3.63) is 59.7 Å². The van der Waals surface area contributed by atoms with E-state index in [4.69, 9.17) is 23.6 Å². The highest BCUT2D eigenvalue weighted by Gasteiger charge is 2.32. The number of hydrogen-bond donors (Lipinski definition) is 0. The van der Waals surface area contributed by atoms with Crippen molar-refractivity contribution in [1.29, 1.82) is 0 Å². The number of unbranched alkanes of at least 4 members (excludes halogenated alkanes) is 4. The van der Waals surface area contributed by atoms with Gasteiger partial charge in [0.1, 0.15) is 0 Å². The van der Waals surface area contributed by atoms with Gasteiger partial charge in [0.15, 0.2) is 11.5 Å². The quantitative estimate of drug-likeness (QED) is 0.120. The molecule has 31 heavy (non-hydrogen) atoms. The van der Waals surface area contributed by atoms with Crippen LogP contribution in [0.15, 0.2) is 48.5 Å². The van der Waals surface area contributed by atoms with Gasteiger partial charge in [0.25, 0.3) is 0 Å². The summed E-state index contributed by atoms with van der Waals surface area (Å²) in [7, 11) is -4.09. The Kier molecular flexibility index (Phi) is 11.1. The molecule has 0 atom stereocenters. The number of aryl methyl sites for hydroxylation is 2. The van der Waals surface area contributed by atoms with E-state index in [2.05, 4.69) is 13.8 Å². The average molecular weight is 451 g/mol. The van der Waals surface area contributed by atoms with Crippen LogP contribution in [-0.2, 0) is 18.4 Å². The monoisotopic (exact) mass is 450 g/mol. The summed E-state index contributed by atoms with van der Waals surface area (Å²) in [5.41, 5.74) is 2.14. The average Bonchev–Trinajstić information content (AvgIpc) is 2.75. The van der Waals surface area contributed by atoms with E-state index in [1.807, 2.05) is 38.1 Å². The highest BCUT2D eigenvalue weighted by atomic mass is 31.2. The van der Waals surface area contributed by atoms with Crippen LogP contribution in [0.1, 0.15) is 63.5 Å². The third kappa shape index (κ3) is 10.8. The Morgan fingerprint density at radius 1 is 0.710 bits per heavy atom. The number of benzene rings is 2. The van der Waals surface area contributed by atoms with E-state index in [-0.39, 0.29) is 6.61 Å². The molecule has 7 heteroatoms. The minimum atomic E-state index is -4.09. The second kappa shape index (κ2) is 13.5. The molecule has 0 saturated heterocycles. The van der Waals surface area contributed by atoms with E-state index in [9.17, 15) is 4.57 Å². The van der Waals surface area contributed by atoms with Crippen molar-refractivity contribution >= 4 is 7.82 Å². The maximum atomic E-state index is 13.0. The Labute approximate surface area is 186 Å². The normalized spacial score (nSPS) is 11.6. The molecule has 0 saturated carbocycles. The van der Waals surface area contributed by atoms with Crippen molar-refractivity contribution in [2.75, 3.05) is 6.61 Å². The summed E-state index contributed by atoms with van der Waals surface area (Å²) >= 11 is 0. The lowest BCUT2D eigenvalue weighted by molar-refractivity contribution is -0.192. The van der Waals surface area contributed by atoms with Gasteiger partial charge >= 0.3 is 7.82 Å². The fourth-order valence-corrected chi connectivity index (χ4v) is 3.60. The molecule has 0 N–H and O–H groups in total. The molecule has 0 spiro atoms. The molecule has 0 aliphatic heterocycles.